The first-order valence-electron chi connectivity index (χ1n) is 7.21. The topological polar surface area (TPSA) is 63.7 Å². The summed E-state index contributed by atoms with van der Waals surface area (Å²) in [5.41, 5.74) is 0.560. The van der Waals surface area contributed by atoms with Gasteiger partial charge in [0.05, 0.1) is 18.1 Å². The number of carbonyl (C=O) groups is 1. The van der Waals surface area contributed by atoms with Crippen molar-refractivity contribution in [2.45, 2.75) is 26.3 Å². The molecule has 1 saturated heterocycles. The van der Waals surface area contributed by atoms with E-state index in [2.05, 4.69) is 0 Å². The summed E-state index contributed by atoms with van der Waals surface area (Å²) in [6, 6.07) is 6.75. The first kappa shape index (κ1) is 15.8. The second-order valence-corrected chi connectivity index (χ2v) is 7.33. The van der Waals surface area contributed by atoms with Gasteiger partial charge in [-0.3, -0.25) is 4.79 Å². The Morgan fingerprint density at radius 2 is 1.95 bits per heavy atom. The molecule has 6 heteroatoms. The molecular formula is C15H21NO4S. The largest absolute Gasteiger partial charge is 0.494 e. The predicted octanol–water partition coefficient (Wildman–Crippen LogP) is 1.73. The second-order valence-electron chi connectivity index (χ2n) is 5.11. The van der Waals surface area contributed by atoms with Gasteiger partial charge in [-0.25, -0.2) is 8.42 Å². The zero-order valence-corrected chi connectivity index (χ0v) is 13.2. The molecule has 1 aromatic rings. The molecule has 5 nitrogen and oxygen atoms in total. The molecule has 0 spiro atoms. The molecule has 21 heavy (non-hydrogen) atoms. The normalized spacial score (nSPS) is 20.2. The molecule has 1 aliphatic heterocycles. The Morgan fingerprint density at radius 1 is 1.29 bits per heavy atom. The lowest BCUT2D eigenvalue weighted by atomic mass is 10.1. The molecule has 0 aliphatic carbocycles. The molecule has 1 atom stereocenters. The number of hydrogen-bond donors (Lipinski definition) is 0. The molecule has 0 bridgehead atoms. The maximum Gasteiger partial charge on any atom is 0.254 e. The fraction of sp³-hybridized carbons (Fsp3) is 0.533. The monoisotopic (exact) mass is 311 g/mol. The number of benzene rings is 1. The van der Waals surface area contributed by atoms with Crippen molar-refractivity contribution in [1.29, 1.82) is 0 Å². The van der Waals surface area contributed by atoms with Crippen LogP contribution in [0.2, 0.25) is 0 Å². The SMILES string of the molecule is CCOc1ccc(C(=O)N(CC)C2CCS(=O)(=O)C2)cc1. The van der Waals surface area contributed by atoms with Crippen LogP contribution in [0.15, 0.2) is 24.3 Å². The summed E-state index contributed by atoms with van der Waals surface area (Å²) >= 11 is 0. The van der Waals surface area contributed by atoms with Gasteiger partial charge < -0.3 is 9.64 Å². The minimum atomic E-state index is -2.99. The highest BCUT2D eigenvalue weighted by molar-refractivity contribution is 7.91. The Balaban J connectivity index is 2.13. The van der Waals surface area contributed by atoms with Crippen molar-refractivity contribution in [1.82, 2.24) is 4.90 Å². The van der Waals surface area contributed by atoms with Crippen molar-refractivity contribution in [3.8, 4) is 5.75 Å². The first-order chi connectivity index (χ1) is 9.96. The number of nitrogens with zero attached hydrogens (tertiary/aromatic N) is 1. The summed E-state index contributed by atoms with van der Waals surface area (Å²) in [6.45, 7) is 4.86. The van der Waals surface area contributed by atoms with E-state index in [1.165, 1.54) is 0 Å². The molecule has 0 aromatic heterocycles. The third-order valence-electron chi connectivity index (χ3n) is 3.66. The minimum absolute atomic E-state index is 0.0730. The highest BCUT2D eigenvalue weighted by atomic mass is 32.2. The number of carbonyl (C=O) groups excluding carboxylic acids is 1. The Labute approximate surface area is 125 Å². The van der Waals surface area contributed by atoms with E-state index in [-0.39, 0.29) is 23.5 Å². The molecule has 116 valence electrons. The van der Waals surface area contributed by atoms with Crippen LogP contribution >= 0.6 is 0 Å². The molecule has 2 rings (SSSR count). The molecule has 0 N–H and O–H groups in total. The Kier molecular flexibility index (Phi) is 4.88. The molecule has 0 saturated carbocycles. The Morgan fingerprint density at radius 3 is 2.43 bits per heavy atom. The molecule has 1 unspecified atom stereocenters. The number of ether oxygens (including phenoxy) is 1. The standard InChI is InChI=1S/C15H21NO4S/c1-3-16(13-9-10-21(18,19)11-13)15(17)12-5-7-14(8-6-12)20-4-2/h5-8,13H,3-4,9-11H2,1-2H3. The van der Waals surface area contributed by atoms with E-state index in [4.69, 9.17) is 4.74 Å². The average molecular weight is 311 g/mol. The fourth-order valence-corrected chi connectivity index (χ4v) is 4.35. The smallest absolute Gasteiger partial charge is 0.254 e. The van der Waals surface area contributed by atoms with Gasteiger partial charge >= 0.3 is 0 Å². The Bertz CT molecular complexity index is 595. The molecule has 1 aliphatic rings. The van der Waals surface area contributed by atoms with Crippen molar-refractivity contribution < 1.29 is 17.9 Å². The summed E-state index contributed by atoms with van der Waals surface area (Å²) in [4.78, 5) is 14.2. The van der Waals surface area contributed by atoms with E-state index >= 15 is 0 Å². The number of hydrogen-bond acceptors (Lipinski definition) is 4. The van der Waals surface area contributed by atoms with Gasteiger partial charge in [0.2, 0.25) is 0 Å². The van der Waals surface area contributed by atoms with Gasteiger partial charge in [0.1, 0.15) is 5.75 Å². The lowest BCUT2D eigenvalue weighted by Gasteiger charge is -2.27. The summed E-state index contributed by atoms with van der Waals surface area (Å²) in [7, 11) is -2.99. The molecular weight excluding hydrogens is 290 g/mol. The predicted molar refractivity (Wildman–Crippen MR) is 81.4 cm³/mol. The maximum atomic E-state index is 12.5. The highest BCUT2D eigenvalue weighted by Crippen LogP contribution is 2.21. The zero-order valence-electron chi connectivity index (χ0n) is 12.4. The van der Waals surface area contributed by atoms with Crippen molar-refractivity contribution >= 4 is 15.7 Å². The summed E-state index contributed by atoms with van der Waals surface area (Å²) in [5.74, 6) is 0.845. The number of rotatable bonds is 5. The molecule has 0 radical (unpaired) electrons. The van der Waals surface area contributed by atoms with Crippen molar-refractivity contribution in [3.05, 3.63) is 29.8 Å². The molecule has 1 aromatic carbocycles. The van der Waals surface area contributed by atoms with E-state index in [0.29, 0.717) is 25.1 Å². The number of amides is 1. The highest BCUT2D eigenvalue weighted by Gasteiger charge is 2.34. The summed E-state index contributed by atoms with van der Waals surface area (Å²) in [5, 5.41) is 0. The van der Waals surface area contributed by atoms with Gasteiger partial charge in [0.15, 0.2) is 9.84 Å². The van der Waals surface area contributed by atoms with E-state index in [1.54, 1.807) is 29.2 Å². The molecule has 1 fully saturated rings. The average Bonchev–Trinajstić information content (AvgIpc) is 2.81. The van der Waals surface area contributed by atoms with E-state index < -0.39 is 9.84 Å². The maximum absolute atomic E-state index is 12.5. The molecule has 1 amide bonds. The van der Waals surface area contributed by atoms with Gasteiger partial charge in [0.25, 0.3) is 5.91 Å². The third-order valence-corrected chi connectivity index (χ3v) is 5.41. The second kappa shape index (κ2) is 6.47. The Hall–Kier alpha value is -1.56. The number of sulfone groups is 1. The van der Waals surface area contributed by atoms with Crippen LogP contribution in [0.1, 0.15) is 30.6 Å². The van der Waals surface area contributed by atoms with Crippen LogP contribution < -0.4 is 4.74 Å². The van der Waals surface area contributed by atoms with Crippen LogP contribution in [0.5, 0.6) is 5.75 Å². The van der Waals surface area contributed by atoms with Gasteiger partial charge in [-0.05, 0) is 44.5 Å². The summed E-state index contributed by atoms with van der Waals surface area (Å²) in [6.07, 6.45) is 0.527. The molecule has 1 heterocycles. The van der Waals surface area contributed by atoms with Gasteiger partial charge in [0, 0.05) is 18.2 Å². The van der Waals surface area contributed by atoms with Crippen LogP contribution in [0.25, 0.3) is 0 Å². The van der Waals surface area contributed by atoms with Crippen LogP contribution in [-0.2, 0) is 9.84 Å². The van der Waals surface area contributed by atoms with Crippen LogP contribution in [0, 0.1) is 0 Å². The van der Waals surface area contributed by atoms with Crippen LogP contribution in [-0.4, -0.2) is 49.9 Å². The van der Waals surface area contributed by atoms with Crippen molar-refractivity contribution in [2.24, 2.45) is 0 Å². The summed E-state index contributed by atoms with van der Waals surface area (Å²) < 4.78 is 28.5. The van der Waals surface area contributed by atoms with Gasteiger partial charge in [-0.1, -0.05) is 0 Å². The van der Waals surface area contributed by atoms with Crippen molar-refractivity contribution in [3.63, 3.8) is 0 Å². The van der Waals surface area contributed by atoms with Crippen LogP contribution in [0.4, 0.5) is 0 Å². The lowest BCUT2D eigenvalue weighted by molar-refractivity contribution is 0.0708. The van der Waals surface area contributed by atoms with Gasteiger partial charge in [-0.15, -0.1) is 0 Å². The fourth-order valence-electron chi connectivity index (χ4n) is 2.62. The van der Waals surface area contributed by atoms with Gasteiger partial charge in [-0.2, -0.15) is 0 Å². The zero-order chi connectivity index (χ0) is 15.5. The van der Waals surface area contributed by atoms with Crippen molar-refractivity contribution in [2.75, 3.05) is 24.7 Å². The van der Waals surface area contributed by atoms with E-state index in [1.807, 2.05) is 13.8 Å². The van der Waals surface area contributed by atoms with E-state index in [9.17, 15) is 13.2 Å². The minimum Gasteiger partial charge on any atom is -0.494 e. The first-order valence-corrected chi connectivity index (χ1v) is 9.03. The quantitative estimate of drug-likeness (QED) is 0.831. The van der Waals surface area contributed by atoms with Crippen LogP contribution in [0.3, 0.4) is 0 Å². The van der Waals surface area contributed by atoms with E-state index in [0.717, 1.165) is 5.75 Å². The lowest BCUT2D eigenvalue weighted by Crippen LogP contribution is -2.40. The third kappa shape index (κ3) is 3.75.